The molecular weight excluding hydrogens is 438 g/mol. The van der Waals surface area contributed by atoms with Crippen LogP contribution in [0.4, 0.5) is 20.3 Å². The lowest BCUT2D eigenvalue weighted by Gasteiger charge is -2.11. The van der Waals surface area contributed by atoms with E-state index in [0.717, 1.165) is 11.1 Å². The Morgan fingerprint density at radius 1 is 1.25 bits per heavy atom. The minimum atomic E-state index is -0.937. The highest BCUT2D eigenvalue weighted by molar-refractivity contribution is 7.13. The summed E-state index contributed by atoms with van der Waals surface area (Å²) in [6, 6.07) is 8.13. The average Bonchev–Trinajstić information content (AvgIpc) is 3.11. The van der Waals surface area contributed by atoms with Crippen LogP contribution >= 0.6 is 11.3 Å². The second-order valence-corrected chi connectivity index (χ2v) is 7.84. The van der Waals surface area contributed by atoms with Crippen molar-refractivity contribution in [2.24, 2.45) is 5.16 Å². The highest BCUT2D eigenvalue weighted by atomic mass is 32.1. The number of benzene rings is 2. The van der Waals surface area contributed by atoms with Crippen molar-refractivity contribution in [3.8, 4) is 5.75 Å². The van der Waals surface area contributed by atoms with E-state index in [1.54, 1.807) is 25.1 Å². The molecule has 0 aliphatic rings. The zero-order valence-electron chi connectivity index (χ0n) is 17.5. The third kappa shape index (κ3) is 5.09. The number of carbonyl (C=O) groups excluding carboxylic acids is 1. The lowest BCUT2D eigenvalue weighted by molar-refractivity contribution is 0.102. The molecule has 0 spiro atoms. The van der Waals surface area contributed by atoms with E-state index in [9.17, 15) is 13.6 Å². The number of amides is 1. The van der Waals surface area contributed by atoms with Gasteiger partial charge in [0.1, 0.15) is 28.1 Å². The van der Waals surface area contributed by atoms with Gasteiger partial charge < -0.3 is 20.6 Å². The number of oxime groups is 1. The Labute approximate surface area is 187 Å². The minimum absolute atomic E-state index is 0.0615. The van der Waals surface area contributed by atoms with Crippen molar-refractivity contribution in [3.05, 3.63) is 75.6 Å². The number of nitrogens with zero attached hydrogens (tertiary/aromatic N) is 2. The van der Waals surface area contributed by atoms with E-state index >= 15 is 0 Å². The molecule has 166 valence electrons. The second-order valence-electron chi connectivity index (χ2n) is 6.64. The molecule has 0 fully saturated rings. The summed E-state index contributed by atoms with van der Waals surface area (Å²) in [5.74, 6) is -1.54. The molecule has 0 saturated heterocycles. The fraction of sp³-hybridized carbons (Fsp3) is 0.136. The molecule has 1 aromatic heterocycles. The molecule has 0 saturated carbocycles. The van der Waals surface area contributed by atoms with Gasteiger partial charge in [0.2, 0.25) is 0 Å². The lowest BCUT2D eigenvalue weighted by Crippen LogP contribution is -2.14. The van der Waals surface area contributed by atoms with Crippen LogP contribution in [-0.2, 0) is 4.84 Å². The van der Waals surface area contributed by atoms with Crippen molar-refractivity contribution < 1.29 is 23.1 Å². The van der Waals surface area contributed by atoms with Gasteiger partial charge in [0.05, 0.1) is 23.5 Å². The molecule has 3 aromatic rings. The predicted molar refractivity (Wildman–Crippen MR) is 121 cm³/mol. The maximum absolute atomic E-state index is 14.4. The summed E-state index contributed by atoms with van der Waals surface area (Å²) in [7, 11) is 1.46. The fourth-order valence-electron chi connectivity index (χ4n) is 2.74. The zero-order valence-corrected chi connectivity index (χ0v) is 18.3. The van der Waals surface area contributed by atoms with E-state index in [4.69, 9.17) is 15.3 Å². The third-order valence-electron chi connectivity index (χ3n) is 4.33. The molecule has 1 heterocycles. The van der Waals surface area contributed by atoms with Crippen molar-refractivity contribution in [2.75, 3.05) is 18.2 Å². The second kappa shape index (κ2) is 9.56. The first-order chi connectivity index (χ1) is 15.2. The zero-order chi connectivity index (χ0) is 23.4. The molecule has 0 aliphatic heterocycles. The number of carbonyl (C=O) groups is 1. The van der Waals surface area contributed by atoms with Gasteiger partial charge >= 0.3 is 0 Å². The van der Waals surface area contributed by atoms with Crippen LogP contribution in [0.15, 0.2) is 48.1 Å². The summed E-state index contributed by atoms with van der Waals surface area (Å²) in [6.07, 6.45) is 0. The topological polar surface area (TPSA) is 98.8 Å². The number of nitrogen functional groups attached to an aromatic ring is 1. The van der Waals surface area contributed by atoms with Crippen molar-refractivity contribution in [3.63, 3.8) is 0 Å². The van der Waals surface area contributed by atoms with Crippen molar-refractivity contribution in [1.29, 1.82) is 0 Å². The first-order valence-corrected chi connectivity index (χ1v) is 10.1. The molecule has 3 N–H and O–H groups in total. The summed E-state index contributed by atoms with van der Waals surface area (Å²) < 4.78 is 33.8. The van der Waals surface area contributed by atoms with Gasteiger partial charge in [-0.1, -0.05) is 17.8 Å². The van der Waals surface area contributed by atoms with Crippen LogP contribution in [0.25, 0.3) is 5.76 Å². The minimum Gasteiger partial charge on any atom is -0.497 e. The first-order valence-electron chi connectivity index (χ1n) is 9.28. The largest absolute Gasteiger partial charge is 0.497 e. The molecule has 7 nitrogen and oxygen atoms in total. The Morgan fingerprint density at radius 2 is 2.00 bits per heavy atom. The van der Waals surface area contributed by atoms with E-state index in [1.807, 2.05) is 0 Å². The number of anilines is 2. The molecule has 32 heavy (non-hydrogen) atoms. The van der Waals surface area contributed by atoms with Gasteiger partial charge in [-0.15, -0.1) is 11.3 Å². The summed E-state index contributed by atoms with van der Waals surface area (Å²) in [5, 5.41) is 7.02. The summed E-state index contributed by atoms with van der Waals surface area (Å²) in [5.41, 5.74) is 5.86. The number of nitrogens with one attached hydrogen (secondary N) is 1. The number of thiazole rings is 1. The number of aromatic nitrogens is 1. The summed E-state index contributed by atoms with van der Waals surface area (Å²) in [4.78, 5) is 22.3. The number of methoxy groups -OCH3 is 1. The van der Waals surface area contributed by atoms with E-state index in [2.05, 4.69) is 22.0 Å². The molecule has 0 bridgehead atoms. The molecule has 10 heteroatoms. The lowest BCUT2D eigenvalue weighted by atomic mass is 10.1. The fourth-order valence-corrected chi connectivity index (χ4v) is 3.48. The van der Waals surface area contributed by atoms with E-state index < -0.39 is 17.5 Å². The molecule has 0 unspecified atom stereocenters. The van der Waals surface area contributed by atoms with Gasteiger partial charge in [0, 0.05) is 17.2 Å². The van der Waals surface area contributed by atoms with Crippen LogP contribution in [0.1, 0.15) is 32.7 Å². The van der Waals surface area contributed by atoms with Crippen LogP contribution in [0, 0.1) is 18.6 Å². The molecule has 0 aliphatic carbocycles. The SMILES string of the molecule is C=C(O/N=C(\C)c1cc(NC(=O)c2cccc(OC)c2)c(F)cc1F)c1sc(C)nc1N. The van der Waals surface area contributed by atoms with Gasteiger partial charge in [-0.3, -0.25) is 4.79 Å². The van der Waals surface area contributed by atoms with Crippen LogP contribution in [0.3, 0.4) is 0 Å². The highest BCUT2D eigenvalue weighted by Gasteiger charge is 2.17. The number of ether oxygens (including phenoxy) is 1. The third-order valence-corrected chi connectivity index (χ3v) is 5.36. The van der Waals surface area contributed by atoms with Crippen molar-refractivity contribution >= 4 is 40.2 Å². The highest BCUT2D eigenvalue weighted by Crippen LogP contribution is 2.28. The number of aryl methyl sites for hydroxylation is 1. The molecular formula is C22H20F2N4O3S. The Balaban J connectivity index is 1.82. The Hall–Kier alpha value is -3.79. The number of halogens is 2. The predicted octanol–water partition coefficient (Wildman–Crippen LogP) is 4.98. The first kappa shape index (κ1) is 22.9. The molecule has 0 radical (unpaired) electrons. The number of rotatable bonds is 7. The molecule has 1 amide bonds. The van der Waals surface area contributed by atoms with Gasteiger partial charge in [-0.2, -0.15) is 0 Å². The van der Waals surface area contributed by atoms with Gasteiger partial charge in [0.25, 0.3) is 5.91 Å². The standard InChI is InChI=1S/C22H20F2N4O3S/c1-11(28-31-12(2)20-21(25)26-13(3)32-20)16-9-19(18(24)10-17(16)23)27-22(29)14-6-5-7-15(8-14)30-4/h5-10H,2,25H2,1,3-4H3,(H,27,29)/b28-11+. The van der Waals surface area contributed by atoms with Crippen molar-refractivity contribution in [1.82, 2.24) is 4.98 Å². The van der Waals surface area contributed by atoms with Gasteiger partial charge in [-0.05, 0) is 38.1 Å². The molecule has 0 atom stereocenters. The maximum atomic E-state index is 14.4. The maximum Gasteiger partial charge on any atom is 0.255 e. The Morgan fingerprint density at radius 3 is 2.66 bits per heavy atom. The average molecular weight is 458 g/mol. The van der Waals surface area contributed by atoms with Gasteiger partial charge in [0.15, 0.2) is 5.76 Å². The van der Waals surface area contributed by atoms with Crippen LogP contribution in [0.5, 0.6) is 5.75 Å². The Kier molecular flexibility index (Phi) is 6.84. The van der Waals surface area contributed by atoms with Crippen LogP contribution < -0.4 is 15.8 Å². The quantitative estimate of drug-likeness (QED) is 0.295. The summed E-state index contributed by atoms with van der Waals surface area (Å²) >= 11 is 1.27. The van der Waals surface area contributed by atoms with Crippen molar-refractivity contribution in [2.45, 2.75) is 13.8 Å². The number of hydrogen-bond acceptors (Lipinski definition) is 7. The van der Waals surface area contributed by atoms with E-state index in [1.165, 1.54) is 31.4 Å². The normalized spacial score (nSPS) is 11.2. The van der Waals surface area contributed by atoms with E-state index in [-0.39, 0.29) is 34.1 Å². The molecule has 3 rings (SSSR count). The number of hydrogen-bond donors (Lipinski definition) is 2. The van der Waals surface area contributed by atoms with Crippen LogP contribution in [0.2, 0.25) is 0 Å². The summed E-state index contributed by atoms with van der Waals surface area (Å²) in [6.45, 7) is 7.00. The van der Waals surface area contributed by atoms with Gasteiger partial charge in [-0.25, -0.2) is 13.8 Å². The van der Waals surface area contributed by atoms with E-state index in [0.29, 0.717) is 16.7 Å². The smallest absolute Gasteiger partial charge is 0.255 e. The van der Waals surface area contributed by atoms with Crippen LogP contribution in [-0.4, -0.2) is 23.7 Å². The molecule has 2 aromatic carbocycles. The number of nitrogens with two attached hydrogens (primary N) is 1. The Bertz CT molecular complexity index is 1220. The monoisotopic (exact) mass is 458 g/mol.